The zero-order chi connectivity index (χ0) is 19.4. The number of aliphatic hydroxyl groups excluding tert-OH is 1. The van der Waals surface area contributed by atoms with Gasteiger partial charge in [0.15, 0.2) is 0 Å². The Morgan fingerprint density at radius 1 is 1.15 bits per heavy atom. The molecule has 0 bridgehead atoms. The third-order valence-corrected chi connectivity index (χ3v) is 3.74. The Hall–Kier alpha value is -1.79. The molecule has 0 saturated carbocycles. The first kappa shape index (κ1) is 22.3. The number of carbonyl (C=O) groups is 1. The summed E-state index contributed by atoms with van der Waals surface area (Å²) in [6.45, 7) is 9.69. The normalized spacial score (nSPS) is 12.5. The molecule has 2 amide bonds. The summed E-state index contributed by atoms with van der Waals surface area (Å²) < 4.78 is 5.58. The summed E-state index contributed by atoms with van der Waals surface area (Å²) in [6, 6.07) is 6.93. The van der Waals surface area contributed by atoms with Gasteiger partial charge >= 0.3 is 6.03 Å². The molecule has 0 aliphatic carbocycles. The zero-order valence-electron chi connectivity index (χ0n) is 16.6. The summed E-state index contributed by atoms with van der Waals surface area (Å²) in [5, 5.41) is 18.8. The van der Waals surface area contributed by atoms with Crippen molar-refractivity contribution in [3.63, 3.8) is 0 Å². The molecule has 0 heterocycles. The molecule has 4 N–H and O–H groups in total. The number of aliphatic hydroxyl groups is 1. The van der Waals surface area contributed by atoms with E-state index in [4.69, 9.17) is 4.74 Å². The number of carbonyl (C=O) groups excluding carboxylic acids is 1. The maximum atomic E-state index is 11.8. The number of anilines is 1. The van der Waals surface area contributed by atoms with E-state index >= 15 is 0 Å². The van der Waals surface area contributed by atoms with Gasteiger partial charge in [0.1, 0.15) is 18.5 Å². The standard InChI is InChI=1S/C20H35N3O3/c1-5-6-7-8-13-21-19(25)23-16-9-11-18(12-10-16)26-15-17(24)14-22-20(2,3)4/h9-12,17,22,24H,5-8,13-15H2,1-4H3,(H2,21,23,25)/t17-/m0/s1. The van der Waals surface area contributed by atoms with Gasteiger partial charge in [0.05, 0.1) is 0 Å². The quantitative estimate of drug-likeness (QED) is 0.452. The van der Waals surface area contributed by atoms with Crippen molar-refractivity contribution in [1.29, 1.82) is 0 Å². The number of hydrogen-bond acceptors (Lipinski definition) is 4. The number of amides is 2. The van der Waals surface area contributed by atoms with Gasteiger partial charge in [0.2, 0.25) is 0 Å². The highest BCUT2D eigenvalue weighted by Crippen LogP contribution is 2.16. The molecule has 6 heteroatoms. The molecule has 0 unspecified atom stereocenters. The fourth-order valence-electron chi connectivity index (χ4n) is 2.24. The smallest absolute Gasteiger partial charge is 0.319 e. The highest BCUT2D eigenvalue weighted by Gasteiger charge is 2.12. The zero-order valence-corrected chi connectivity index (χ0v) is 16.6. The average molecular weight is 366 g/mol. The van der Waals surface area contributed by atoms with E-state index in [2.05, 4.69) is 22.9 Å². The minimum Gasteiger partial charge on any atom is -0.491 e. The van der Waals surface area contributed by atoms with E-state index < -0.39 is 6.10 Å². The minimum absolute atomic E-state index is 0.0368. The summed E-state index contributed by atoms with van der Waals surface area (Å²) in [5.41, 5.74) is 0.670. The van der Waals surface area contributed by atoms with Gasteiger partial charge in [-0.05, 0) is 51.5 Å². The summed E-state index contributed by atoms with van der Waals surface area (Å²) in [7, 11) is 0. The van der Waals surface area contributed by atoms with Crippen molar-refractivity contribution in [3.05, 3.63) is 24.3 Å². The molecule has 0 aliphatic rings. The van der Waals surface area contributed by atoms with E-state index in [9.17, 15) is 9.90 Å². The second-order valence-corrected chi connectivity index (χ2v) is 7.56. The number of benzene rings is 1. The van der Waals surface area contributed by atoms with Crippen LogP contribution in [0.5, 0.6) is 5.75 Å². The third-order valence-electron chi connectivity index (χ3n) is 3.74. The van der Waals surface area contributed by atoms with Gasteiger partial charge in [0.25, 0.3) is 0 Å². The van der Waals surface area contributed by atoms with Crippen LogP contribution in [0.4, 0.5) is 10.5 Å². The van der Waals surface area contributed by atoms with Gasteiger partial charge in [-0.3, -0.25) is 0 Å². The monoisotopic (exact) mass is 365 g/mol. The Labute approximate surface area is 157 Å². The lowest BCUT2D eigenvalue weighted by Crippen LogP contribution is -2.42. The highest BCUT2D eigenvalue weighted by molar-refractivity contribution is 5.89. The van der Waals surface area contributed by atoms with Crippen LogP contribution >= 0.6 is 0 Å². The van der Waals surface area contributed by atoms with Crippen molar-refractivity contribution in [2.24, 2.45) is 0 Å². The molecule has 0 radical (unpaired) electrons. The van der Waals surface area contributed by atoms with Crippen LogP contribution in [0.2, 0.25) is 0 Å². The van der Waals surface area contributed by atoms with Gasteiger partial charge in [-0.2, -0.15) is 0 Å². The number of ether oxygens (including phenoxy) is 1. The van der Waals surface area contributed by atoms with Crippen molar-refractivity contribution >= 4 is 11.7 Å². The molecule has 0 spiro atoms. The van der Waals surface area contributed by atoms with E-state index in [0.717, 1.165) is 12.8 Å². The van der Waals surface area contributed by atoms with Crippen LogP contribution in [0, 0.1) is 0 Å². The Bertz CT molecular complexity index is 512. The summed E-state index contributed by atoms with van der Waals surface area (Å²) >= 11 is 0. The summed E-state index contributed by atoms with van der Waals surface area (Å²) in [5.74, 6) is 0.658. The van der Waals surface area contributed by atoms with E-state index in [-0.39, 0.29) is 18.2 Å². The minimum atomic E-state index is -0.578. The predicted molar refractivity (Wildman–Crippen MR) is 107 cm³/mol. The lowest BCUT2D eigenvalue weighted by Gasteiger charge is -2.23. The van der Waals surface area contributed by atoms with Gasteiger partial charge in [-0.1, -0.05) is 26.2 Å². The molecule has 1 aromatic carbocycles. The molecule has 1 atom stereocenters. The molecule has 1 aromatic rings. The van der Waals surface area contributed by atoms with Crippen LogP contribution in [0.3, 0.4) is 0 Å². The predicted octanol–water partition coefficient (Wildman–Crippen LogP) is 3.52. The Kier molecular flexibility index (Phi) is 10.1. The van der Waals surface area contributed by atoms with Crippen molar-refractivity contribution < 1.29 is 14.6 Å². The topological polar surface area (TPSA) is 82.6 Å². The average Bonchev–Trinajstić information content (AvgIpc) is 2.58. The second-order valence-electron chi connectivity index (χ2n) is 7.56. The van der Waals surface area contributed by atoms with Crippen LogP contribution in [-0.4, -0.2) is 42.5 Å². The molecular weight excluding hydrogens is 330 g/mol. The molecule has 0 saturated heterocycles. The van der Waals surface area contributed by atoms with Crippen LogP contribution in [0.1, 0.15) is 53.4 Å². The van der Waals surface area contributed by atoms with Crippen molar-refractivity contribution in [1.82, 2.24) is 10.6 Å². The first-order valence-corrected chi connectivity index (χ1v) is 9.51. The number of β-amino-alcohol motifs (C(OH)–C–C–N with tert-alkyl or cyclic N) is 1. The fraction of sp³-hybridized carbons (Fsp3) is 0.650. The first-order chi connectivity index (χ1) is 12.3. The largest absolute Gasteiger partial charge is 0.491 e. The highest BCUT2D eigenvalue weighted by atomic mass is 16.5. The second kappa shape index (κ2) is 11.8. The van der Waals surface area contributed by atoms with Crippen LogP contribution in [0.15, 0.2) is 24.3 Å². The molecule has 6 nitrogen and oxygen atoms in total. The lowest BCUT2D eigenvalue weighted by molar-refractivity contribution is 0.100. The molecule has 26 heavy (non-hydrogen) atoms. The van der Waals surface area contributed by atoms with Gasteiger partial charge in [-0.25, -0.2) is 4.79 Å². The van der Waals surface area contributed by atoms with Gasteiger partial charge < -0.3 is 25.8 Å². The van der Waals surface area contributed by atoms with Crippen molar-refractivity contribution in [2.45, 2.75) is 65.0 Å². The maximum Gasteiger partial charge on any atom is 0.319 e. The molecule has 0 aromatic heterocycles. The van der Waals surface area contributed by atoms with Crippen LogP contribution < -0.4 is 20.7 Å². The SMILES string of the molecule is CCCCCCNC(=O)Nc1ccc(OC[C@@H](O)CNC(C)(C)C)cc1. The molecule has 0 fully saturated rings. The van der Waals surface area contributed by atoms with Gasteiger partial charge in [0, 0.05) is 24.3 Å². The van der Waals surface area contributed by atoms with E-state index in [1.807, 2.05) is 20.8 Å². The Morgan fingerprint density at radius 3 is 2.46 bits per heavy atom. The third kappa shape index (κ3) is 10.9. The van der Waals surface area contributed by atoms with Crippen molar-refractivity contribution in [2.75, 3.05) is 25.0 Å². The first-order valence-electron chi connectivity index (χ1n) is 9.51. The van der Waals surface area contributed by atoms with E-state index in [1.165, 1.54) is 12.8 Å². The number of unbranched alkanes of at least 4 members (excludes halogenated alkanes) is 3. The van der Waals surface area contributed by atoms with Crippen molar-refractivity contribution in [3.8, 4) is 5.75 Å². The van der Waals surface area contributed by atoms with Crippen LogP contribution in [-0.2, 0) is 0 Å². The van der Waals surface area contributed by atoms with Crippen LogP contribution in [0.25, 0.3) is 0 Å². The number of hydrogen-bond donors (Lipinski definition) is 4. The van der Waals surface area contributed by atoms with Gasteiger partial charge in [-0.15, -0.1) is 0 Å². The molecular formula is C20H35N3O3. The molecule has 148 valence electrons. The number of rotatable bonds is 11. The number of nitrogens with one attached hydrogen (secondary N) is 3. The summed E-state index contributed by atoms with van der Waals surface area (Å²) in [6.07, 6.45) is 3.95. The van der Waals surface area contributed by atoms with E-state index in [0.29, 0.717) is 24.5 Å². The Morgan fingerprint density at radius 2 is 1.85 bits per heavy atom. The van der Waals surface area contributed by atoms with E-state index in [1.54, 1.807) is 24.3 Å². The number of urea groups is 1. The summed E-state index contributed by atoms with van der Waals surface area (Å²) in [4.78, 5) is 11.8. The Balaban J connectivity index is 2.27. The lowest BCUT2D eigenvalue weighted by atomic mass is 10.1. The molecule has 0 aliphatic heterocycles. The maximum absolute atomic E-state index is 11.8. The fourth-order valence-corrected chi connectivity index (χ4v) is 2.24. The molecule has 1 rings (SSSR count).